The molecule has 0 unspecified atom stereocenters. The molecule has 2 heteroatoms. The normalized spacial score (nSPS) is 27.5. The highest BCUT2D eigenvalue weighted by Gasteiger charge is 2.25. The van der Waals surface area contributed by atoms with Gasteiger partial charge >= 0.3 is 0 Å². The fraction of sp³-hybridized carbons (Fsp3) is 0.500. The van der Waals surface area contributed by atoms with Crippen molar-refractivity contribution in [2.24, 2.45) is 0 Å². The third-order valence-corrected chi connectivity index (χ3v) is 3.16. The molecule has 2 atom stereocenters. The molecule has 0 bridgehead atoms. The van der Waals surface area contributed by atoms with Gasteiger partial charge in [-0.2, -0.15) is 0 Å². The highest BCUT2D eigenvalue weighted by molar-refractivity contribution is 5.21. The lowest BCUT2D eigenvalue weighted by molar-refractivity contribution is 0.0953. The quantitative estimate of drug-likeness (QED) is 0.704. The van der Waals surface area contributed by atoms with Crippen LogP contribution in [0, 0.1) is 0 Å². The highest BCUT2D eigenvalue weighted by Crippen LogP contribution is 2.32. The summed E-state index contributed by atoms with van der Waals surface area (Å²) in [6.45, 7) is 0. The maximum Gasteiger partial charge on any atom is 0.0388 e. The van der Waals surface area contributed by atoms with E-state index in [1.165, 1.54) is 24.8 Å². The van der Waals surface area contributed by atoms with Gasteiger partial charge in [-0.3, -0.25) is 0 Å². The van der Waals surface area contributed by atoms with Gasteiger partial charge in [0.15, 0.2) is 0 Å². The van der Waals surface area contributed by atoms with Crippen LogP contribution in [0.2, 0.25) is 0 Å². The largest absolute Gasteiger partial charge is 0.317 e. The van der Waals surface area contributed by atoms with Crippen LogP contribution < -0.4 is 5.48 Å². The summed E-state index contributed by atoms with van der Waals surface area (Å²) in [6.07, 6.45) is 4.76. The number of rotatable bonds is 2. The van der Waals surface area contributed by atoms with Gasteiger partial charge < -0.3 is 5.21 Å². The minimum atomic E-state index is 0.242. The molecule has 2 N–H and O–H groups in total. The molecule has 1 aliphatic carbocycles. The van der Waals surface area contributed by atoms with Crippen molar-refractivity contribution in [2.75, 3.05) is 0 Å². The van der Waals surface area contributed by atoms with Crippen molar-refractivity contribution in [2.45, 2.75) is 37.6 Å². The zero-order valence-corrected chi connectivity index (χ0v) is 8.32. The molecule has 0 amide bonds. The molecule has 1 aromatic carbocycles. The summed E-state index contributed by atoms with van der Waals surface area (Å²) in [4.78, 5) is 0. The summed E-state index contributed by atoms with van der Waals surface area (Å²) >= 11 is 0. The van der Waals surface area contributed by atoms with Gasteiger partial charge in [0.25, 0.3) is 0 Å². The lowest BCUT2D eigenvalue weighted by atomic mass is 9.80. The molecule has 2 nitrogen and oxygen atoms in total. The van der Waals surface area contributed by atoms with Crippen LogP contribution in [-0.2, 0) is 0 Å². The van der Waals surface area contributed by atoms with E-state index >= 15 is 0 Å². The number of hydrogen-bond donors (Lipinski definition) is 2. The molecule has 1 saturated carbocycles. The van der Waals surface area contributed by atoms with Crippen molar-refractivity contribution in [1.29, 1.82) is 0 Å². The Hall–Kier alpha value is -0.860. The molecule has 0 aliphatic heterocycles. The van der Waals surface area contributed by atoms with Gasteiger partial charge in [0.05, 0.1) is 0 Å². The van der Waals surface area contributed by atoms with Gasteiger partial charge in [-0.15, -0.1) is 0 Å². The molecule has 0 radical (unpaired) electrons. The Balaban J connectivity index is 2.15. The second kappa shape index (κ2) is 4.58. The maximum atomic E-state index is 9.07. The van der Waals surface area contributed by atoms with Crippen molar-refractivity contribution in [1.82, 2.24) is 5.48 Å². The molecule has 0 saturated heterocycles. The van der Waals surface area contributed by atoms with E-state index in [1.807, 2.05) is 6.07 Å². The SMILES string of the molecule is ON[C@H]1CCCC[C@@H]1c1ccccc1. The predicted molar refractivity (Wildman–Crippen MR) is 56.4 cm³/mol. The van der Waals surface area contributed by atoms with Crippen LogP contribution in [0.25, 0.3) is 0 Å². The predicted octanol–water partition coefficient (Wildman–Crippen LogP) is 2.69. The van der Waals surface area contributed by atoms with Gasteiger partial charge in [-0.1, -0.05) is 43.2 Å². The first-order valence-corrected chi connectivity index (χ1v) is 5.36. The van der Waals surface area contributed by atoms with Gasteiger partial charge in [-0.25, -0.2) is 5.48 Å². The van der Waals surface area contributed by atoms with E-state index in [0.717, 1.165) is 6.42 Å². The second-order valence-corrected chi connectivity index (χ2v) is 4.04. The highest BCUT2D eigenvalue weighted by atomic mass is 16.5. The molecule has 14 heavy (non-hydrogen) atoms. The molecule has 1 aromatic rings. The molecule has 0 heterocycles. The Morgan fingerprint density at radius 1 is 1.07 bits per heavy atom. The van der Waals surface area contributed by atoms with Crippen molar-refractivity contribution in [3.63, 3.8) is 0 Å². The van der Waals surface area contributed by atoms with E-state index in [-0.39, 0.29) is 6.04 Å². The standard InChI is InChI=1S/C12H17NO/c14-13-12-9-5-4-8-11(12)10-6-2-1-3-7-10/h1-3,6-7,11-14H,4-5,8-9H2/t11-,12+/m1/s1. The Morgan fingerprint density at radius 2 is 1.79 bits per heavy atom. The van der Waals surface area contributed by atoms with Crippen molar-refractivity contribution in [3.05, 3.63) is 35.9 Å². The third-order valence-electron chi connectivity index (χ3n) is 3.16. The minimum absolute atomic E-state index is 0.242. The Bertz CT molecular complexity index is 273. The van der Waals surface area contributed by atoms with Crippen LogP contribution in [0.5, 0.6) is 0 Å². The van der Waals surface area contributed by atoms with E-state index in [1.54, 1.807) is 0 Å². The lowest BCUT2D eigenvalue weighted by Gasteiger charge is -2.30. The van der Waals surface area contributed by atoms with Crippen LogP contribution in [0.4, 0.5) is 0 Å². The molecule has 1 aliphatic rings. The van der Waals surface area contributed by atoms with Gasteiger partial charge in [0.2, 0.25) is 0 Å². The minimum Gasteiger partial charge on any atom is -0.317 e. The smallest absolute Gasteiger partial charge is 0.0388 e. The zero-order chi connectivity index (χ0) is 9.80. The van der Waals surface area contributed by atoms with Crippen molar-refractivity contribution in [3.8, 4) is 0 Å². The van der Waals surface area contributed by atoms with Crippen LogP contribution in [0.3, 0.4) is 0 Å². The molecular formula is C12H17NO. The first kappa shape index (κ1) is 9.69. The first-order chi connectivity index (χ1) is 6.92. The average molecular weight is 191 g/mol. The van der Waals surface area contributed by atoms with E-state index < -0.39 is 0 Å². The van der Waals surface area contributed by atoms with Crippen LogP contribution in [-0.4, -0.2) is 11.2 Å². The monoisotopic (exact) mass is 191 g/mol. The Morgan fingerprint density at radius 3 is 2.50 bits per heavy atom. The fourth-order valence-corrected chi connectivity index (χ4v) is 2.38. The van der Waals surface area contributed by atoms with E-state index in [0.29, 0.717) is 5.92 Å². The van der Waals surface area contributed by atoms with Crippen molar-refractivity contribution < 1.29 is 5.21 Å². The van der Waals surface area contributed by atoms with Gasteiger partial charge in [0.1, 0.15) is 0 Å². The average Bonchev–Trinajstić information content (AvgIpc) is 2.30. The summed E-state index contributed by atoms with van der Waals surface area (Å²) in [7, 11) is 0. The lowest BCUT2D eigenvalue weighted by Crippen LogP contribution is -2.34. The summed E-state index contributed by atoms with van der Waals surface area (Å²) in [5.41, 5.74) is 3.80. The molecule has 76 valence electrons. The summed E-state index contributed by atoms with van der Waals surface area (Å²) in [5.74, 6) is 0.481. The molecule has 1 fully saturated rings. The van der Waals surface area contributed by atoms with E-state index in [2.05, 4.69) is 29.7 Å². The number of benzene rings is 1. The molecule has 2 rings (SSSR count). The number of hydroxylamine groups is 1. The third kappa shape index (κ3) is 1.97. The second-order valence-electron chi connectivity index (χ2n) is 4.04. The molecular weight excluding hydrogens is 174 g/mol. The number of nitrogens with one attached hydrogen (secondary N) is 1. The molecule has 0 aromatic heterocycles. The molecule has 0 spiro atoms. The van der Waals surface area contributed by atoms with E-state index in [9.17, 15) is 0 Å². The van der Waals surface area contributed by atoms with Crippen molar-refractivity contribution >= 4 is 0 Å². The van der Waals surface area contributed by atoms with Gasteiger partial charge in [-0.05, 0) is 18.4 Å². The van der Waals surface area contributed by atoms with Gasteiger partial charge in [0, 0.05) is 12.0 Å². The summed E-state index contributed by atoms with van der Waals surface area (Å²) in [5, 5.41) is 9.07. The maximum absolute atomic E-state index is 9.07. The van der Waals surface area contributed by atoms with Crippen LogP contribution in [0.15, 0.2) is 30.3 Å². The summed E-state index contributed by atoms with van der Waals surface area (Å²) in [6, 6.07) is 10.7. The van der Waals surface area contributed by atoms with Crippen LogP contribution in [0.1, 0.15) is 37.2 Å². The van der Waals surface area contributed by atoms with E-state index in [4.69, 9.17) is 5.21 Å². The first-order valence-electron chi connectivity index (χ1n) is 5.36. The Labute approximate surface area is 84.9 Å². The van der Waals surface area contributed by atoms with Crippen LogP contribution >= 0.6 is 0 Å². The zero-order valence-electron chi connectivity index (χ0n) is 8.32. The summed E-state index contributed by atoms with van der Waals surface area (Å²) < 4.78 is 0. The number of hydrogen-bond acceptors (Lipinski definition) is 2. The topological polar surface area (TPSA) is 32.3 Å². The Kier molecular flexibility index (Phi) is 3.17. The fourth-order valence-electron chi connectivity index (χ4n) is 2.38.